The Morgan fingerprint density at radius 3 is 1.92 bits per heavy atom. The Morgan fingerprint density at radius 2 is 1.46 bits per heavy atom. The van der Waals surface area contributed by atoms with Gasteiger partial charge in [-0.05, 0) is 43.2 Å². The predicted molar refractivity (Wildman–Crippen MR) is 101 cm³/mol. The van der Waals surface area contributed by atoms with E-state index in [-0.39, 0.29) is 23.8 Å². The fourth-order valence-corrected chi connectivity index (χ4v) is 3.71. The molecule has 0 aromatic heterocycles. The minimum atomic E-state index is -0.758. The van der Waals surface area contributed by atoms with Crippen molar-refractivity contribution in [2.45, 2.75) is 38.1 Å². The molecule has 136 valence electrons. The minimum Gasteiger partial charge on any atom is -0.481 e. The normalized spacial score (nSPS) is 19.4. The molecule has 1 aliphatic rings. The van der Waals surface area contributed by atoms with E-state index in [1.165, 1.54) is 0 Å². The fourth-order valence-electron chi connectivity index (χ4n) is 3.71. The highest BCUT2D eigenvalue weighted by Crippen LogP contribution is 2.26. The lowest BCUT2D eigenvalue weighted by molar-refractivity contribution is -0.141. The number of benzene rings is 2. The third-order valence-electron chi connectivity index (χ3n) is 5.15. The largest absolute Gasteiger partial charge is 0.481 e. The topological polar surface area (TPSA) is 66.4 Å². The maximum atomic E-state index is 12.9. The van der Waals surface area contributed by atoms with Gasteiger partial charge >= 0.3 is 5.97 Å². The Hall–Kier alpha value is -2.62. The number of carbonyl (C=O) groups is 2. The number of amides is 1. The van der Waals surface area contributed by atoms with Crippen LogP contribution in [0.1, 0.15) is 30.4 Å². The van der Waals surface area contributed by atoms with Gasteiger partial charge in [-0.1, -0.05) is 60.7 Å². The van der Waals surface area contributed by atoms with Crippen molar-refractivity contribution >= 4 is 11.9 Å². The molecule has 3 rings (SSSR count). The van der Waals surface area contributed by atoms with Gasteiger partial charge in [-0.2, -0.15) is 0 Å². The van der Waals surface area contributed by atoms with Gasteiger partial charge in [0.1, 0.15) is 0 Å². The highest BCUT2D eigenvalue weighted by atomic mass is 16.4. The van der Waals surface area contributed by atoms with Gasteiger partial charge in [0.2, 0.25) is 5.91 Å². The number of carbonyl (C=O) groups excluding carboxylic acids is 1. The predicted octanol–water partition coefficient (Wildman–Crippen LogP) is 3.46. The number of hydrogen-bond donors (Lipinski definition) is 2. The average molecular weight is 351 g/mol. The summed E-state index contributed by atoms with van der Waals surface area (Å²) in [4.78, 5) is 24.1. The van der Waals surface area contributed by atoms with E-state index in [1.807, 2.05) is 60.7 Å². The average Bonchev–Trinajstić information content (AvgIpc) is 3.12. The summed E-state index contributed by atoms with van der Waals surface area (Å²) in [5.74, 6) is -1.23. The van der Waals surface area contributed by atoms with Crippen molar-refractivity contribution in [3.8, 4) is 0 Å². The van der Waals surface area contributed by atoms with Crippen LogP contribution in [0.4, 0.5) is 0 Å². The highest BCUT2D eigenvalue weighted by molar-refractivity contribution is 5.80. The van der Waals surface area contributed by atoms with E-state index in [1.54, 1.807) is 0 Å². The molecule has 0 bridgehead atoms. The quantitative estimate of drug-likeness (QED) is 0.803. The molecule has 2 N–H and O–H groups in total. The van der Waals surface area contributed by atoms with Gasteiger partial charge in [-0.25, -0.2) is 0 Å². The smallest absolute Gasteiger partial charge is 0.306 e. The Bertz CT molecular complexity index is 688. The lowest BCUT2D eigenvalue weighted by Crippen LogP contribution is -2.39. The molecular formula is C22H25NO3. The molecule has 2 atom stereocenters. The molecule has 0 spiro atoms. The maximum Gasteiger partial charge on any atom is 0.306 e. The van der Waals surface area contributed by atoms with Gasteiger partial charge in [-0.3, -0.25) is 9.59 Å². The zero-order valence-corrected chi connectivity index (χ0v) is 14.8. The van der Waals surface area contributed by atoms with Crippen molar-refractivity contribution in [1.82, 2.24) is 5.32 Å². The molecule has 0 unspecified atom stereocenters. The summed E-state index contributed by atoms with van der Waals surface area (Å²) in [6.07, 6.45) is 3.27. The monoisotopic (exact) mass is 351 g/mol. The van der Waals surface area contributed by atoms with Gasteiger partial charge in [0.05, 0.1) is 5.92 Å². The van der Waals surface area contributed by atoms with Gasteiger partial charge in [0.15, 0.2) is 0 Å². The molecule has 0 radical (unpaired) electrons. The molecule has 0 saturated heterocycles. The van der Waals surface area contributed by atoms with Crippen LogP contribution in [0.3, 0.4) is 0 Å². The van der Waals surface area contributed by atoms with Crippen molar-refractivity contribution in [1.29, 1.82) is 0 Å². The molecule has 1 saturated carbocycles. The van der Waals surface area contributed by atoms with Crippen LogP contribution < -0.4 is 5.32 Å². The Kier molecular flexibility index (Phi) is 6.05. The van der Waals surface area contributed by atoms with E-state index < -0.39 is 5.97 Å². The summed E-state index contributed by atoms with van der Waals surface area (Å²) >= 11 is 0. The van der Waals surface area contributed by atoms with Crippen molar-refractivity contribution in [3.05, 3.63) is 71.8 Å². The number of carboxylic acids is 1. The van der Waals surface area contributed by atoms with Crippen LogP contribution >= 0.6 is 0 Å². The van der Waals surface area contributed by atoms with E-state index in [0.717, 1.165) is 17.5 Å². The Labute approximate surface area is 154 Å². The summed E-state index contributed by atoms with van der Waals surface area (Å²) in [6.45, 7) is 0. The molecule has 1 aliphatic carbocycles. The maximum absolute atomic E-state index is 12.9. The van der Waals surface area contributed by atoms with E-state index in [2.05, 4.69) is 5.32 Å². The van der Waals surface area contributed by atoms with Gasteiger partial charge in [-0.15, -0.1) is 0 Å². The molecule has 0 aliphatic heterocycles. The number of rotatable bonds is 7. The first-order valence-electron chi connectivity index (χ1n) is 9.23. The molecule has 2 aromatic rings. The third kappa shape index (κ3) is 4.94. The summed E-state index contributed by atoms with van der Waals surface area (Å²) in [5.41, 5.74) is 2.27. The second kappa shape index (κ2) is 8.65. The van der Waals surface area contributed by atoms with Gasteiger partial charge in [0, 0.05) is 12.0 Å². The Balaban J connectivity index is 1.67. The molecule has 1 fully saturated rings. The van der Waals surface area contributed by atoms with Crippen molar-refractivity contribution < 1.29 is 14.7 Å². The zero-order chi connectivity index (χ0) is 18.4. The van der Waals surface area contributed by atoms with Crippen LogP contribution in [-0.4, -0.2) is 23.0 Å². The second-order valence-corrected chi connectivity index (χ2v) is 7.13. The fraction of sp³-hybridized carbons (Fsp3) is 0.364. The van der Waals surface area contributed by atoms with Crippen LogP contribution in [0.15, 0.2) is 60.7 Å². The van der Waals surface area contributed by atoms with E-state index >= 15 is 0 Å². The van der Waals surface area contributed by atoms with Crippen LogP contribution in [0.5, 0.6) is 0 Å². The van der Waals surface area contributed by atoms with Crippen LogP contribution in [0.2, 0.25) is 0 Å². The van der Waals surface area contributed by atoms with Crippen molar-refractivity contribution in [2.75, 3.05) is 0 Å². The minimum absolute atomic E-state index is 0.0220. The SMILES string of the molecule is O=C(N[C@H]1CC[C@@H](C(=O)O)C1)C(Cc1ccccc1)Cc1ccccc1. The first-order valence-corrected chi connectivity index (χ1v) is 9.23. The van der Waals surface area contributed by atoms with Crippen molar-refractivity contribution in [3.63, 3.8) is 0 Å². The lowest BCUT2D eigenvalue weighted by atomic mass is 9.91. The first kappa shape index (κ1) is 18.2. The molecule has 0 heterocycles. The molecular weight excluding hydrogens is 326 g/mol. The van der Waals surface area contributed by atoms with E-state index in [0.29, 0.717) is 25.7 Å². The van der Waals surface area contributed by atoms with Crippen LogP contribution in [0, 0.1) is 11.8 Å². The van der Waals surface area contributed by atoms with Crippen LogP contribution in [-0.2, 0) is 22.4 Å². The summed E-state index contributed by atoms with van der Waals surface area (Å²) in [7, 11) is 0. The van der Waals surface area contributed by atoms with Gasteiger partial charge < -0.3 is 10.4 Å². The van der Waals surface area contributed by atoms with Crippen LogP contribution in [0.25, 0.3) is 0 Å². The van der Waals surface area contributed by atoms with Crippen molar-refractivity contribution in [2.24, 2.45) is 11.8 Å². The lowest BCUT2D eigenvalue weighted by Gasteiger charge is -2.20. The first-order chi connectivity index (χ1) is 12.6. The summed E-state index contributed by atoms with van der Waals surface area (Å²) in [5, 5.41) is 12.3. The zero-order valence-electron chi connectivity index (χ0n) is 14.8. The van der Waals surface area contributed by atoms with Gasteiger partial charge in [0.25, 0.3) is 0 Å². The summed E-state index contributed by atoms with van der Waals surface area (Å²) < 4.78 is 0. The molecule has 4 heteroatoms. The number of aliphatic carboxylic acids is 1. The van der Waals surface area contributed by atoms with E-state index in [4.69, 9.17) is 5.11 Å². The third-order valence-corrected chi connectivity index (χ3v) is 5.15. The highest BCUT2D eigenvalue weighted by Gasteiger charge is 2.32. The standard InChI is InChI=1S/C22H25NO3/c24-21(23-20-12-11-18(15-20)22(25)26)19(13-16-7-3-1-4-8-16)14-17-9-5-2-6-10-17/h1-10,18-20H,11-15H2,(H,23,24)(H,25,26)/t18-,20+/m1/s1. The molecule has 1 amide bonds. The van der Waals surface area contributed by atoms with E-state index in [9.17, 15) is 9.59 Å². The number of hydrogen-bond acceptors (Lipinski definition) is 2. The number of nitrogens with one attached hydrogen (secondary N) is 1. The Morgan fingerprint density at radius 1 is 0.923 bits per heavy atom. The molecule has 4 nitrogen and oxygen atoms in total. The molecule has 26 heavy (non-hydrogen) atoms. The number of carboxylic acid groups (broad SMARTS) is 1. The summed E-state index contributed by atoms with van der Waals surface area (Å²) in [6, 6.07) is 20.0. The molecule has 2 aromatic carbocycles. The second-order valence-electron chi connectivity index (χ2n) is 7.13.